The molecule has 1 fully saturated rings. The molecule has 0 bridgehead atoms. The second kappa shape index (κ2) is 8.35. The van der Waals surface area contributed by atoms with Crippen LogP contribution in [0.25, 0.3) is 33.3 Å². The van der Waals surface area contributed by atoms with Gasteiger partial charge in [-0.15, -0.1) is 0 Å². The summed E-state index contributed by atoms with van der Waals surface area (Å²) in [6.45, 7) is 3.69. The molecule has 0 aromatic carbocycles. The maximum atomic E-state index is 5.69. The third-order valence-electron chi connectivity index (χ3n) is 6.49. The Morgan fingerprint density at radius 1 is 1.22 bits per heavy atom. The van der Waals surface area contributed by atoms with E-state index in [0.717, 1.165) is 57.9 Å². The lowest BCUT2D eigenvalue weighted by molar-refractivity contribution is 0.416. The Bertz CT molecular complexity index is 1280. The van der Waals surface area contributed by atoms with Crippen molar-refractivity contribution < 1.29 is 4.74 Å². The quantitative estimate of drug-likeness (QED) is 0.460. The van der Waals surface area contributed by atoms with Gasteiger partial charge in [-0.1, -0.05) is 6.42 Å². The number of anilines is 1. The van der Waals surface area contributed by atoms with Crippen molar-refractivity contribution in [1.29, 1.82) is 0 Å². The van der Waals surface area contributed by atoms with Crippen LogP contribution in [0.3, 0.4) is 0 Å². The molecular formula is C24H29N7O. The minimum absolute atomic E-state index is 0.539. The van der Waals surface area contributed by atoms with Crippen LogP contribution < -0.4 is 15.0 Å². The molecule has 8 nitrogen and oxygen atoms in total. The Kier molecular flexibility index (Phi) is 5.38. The molecule has 5 rings (SSSR count). The standard InChI is InChI=1S/C24H29N7O/c1-14-21(32-4)20-16(8-9-27-23(20)28-14)22-29-18-13-26-12-17(15-6-5-7-15)19(18)24(30-22)31(3)11-10-25-2/h8-9,12-13,15,25H,5-7,10-11H2,1-4H3,(H,27,28). The highest BCUT2D eigenvalue weighted by Crippen LogP contribution is 2.42. The van der Waals surface area contributed by atoms with E-state index in [2.05, 4.69) is 32.2 Å². The smallest absolute Gasteiger partial charge is 0.163 e. The zero-order chi connectivity index (χ0) is 22.2. The topological polar surface area (TPSA) is 91.8 Å². The fourth-order valence-electron chi connectivity index (χ4n) is 4.55. The molecule has 2 N–H and O–H groups in total. The molecular weight excluding hydrogens is 402 g/mol. The van der Waals surface area contributed by atoms with E-state index in [9.17, 15) is 0 Å². The molecule has 0 amide bonds. The van der Waals surface area contributed by atoms with Crippen LogP contribution in [0.2, 0.25) is 0 Å². The minimum Gasteiger partial charge on any atom is -0.494 e. The van der Waals surface area contributed by atoms with Gasteiger partial charge in [-0.25, -0.2) is 15.0 Å². The van der Waals surface area contributed by atoms with Crippen LogP contribution in [0.4, 0.5) is 5.82 Å². The third-order valence-corrected chi connectivity index (χ3v) is 6.49. The first-order chi connectivity index (χ1) is 15.6. The second-order valence-electron chi connectivity index (χ2n) is 8.51. The summed E-state index contributed by atoms with van der Waals surface area (Å²) in [4.78, 5) is 24.7. The molecule has 0 spiro atoms. The number of ether oxygens (including phenoxy) is 1. The number of fused-ring (bicyclic) bond motifs is 2. The van der Waals surface area contributed by atoms with E-state index >= 15 is 0 Å². The molecule has 4 aromatic heterocycles. The molecule has 0 radical (unpaired) electrons. The van der Waals surface area contributed by atoms with Gasteiger partial charge in [-0.3, -0.25) is 4.98 Å². The number of methoxy groups -OCH3 is 1. The van der Waals surface area contributed by atoms with Crippen LogP contribution in [0.1, 0.15) is 36.4 Å². The number of rotatable bonds is 7. The number of aromatic amines is 1. The molecule has 0 atom stereocenters. The lowest BCUT2D eigenvalue weighted by Gasteiger charge is -2.28. The van der Waals surface area contributed by atoms with Gasteiger partial charge in [0.2, 0.25) is 0 Å². The Hall–Kier alpha value is -3.26. The second-order valence-corrected chi connectivity index (χ2v) is 8.51. The van der Waals surface area contributed by atoms with Gasteiger partial charge in [-0.05, 0) is 44.4 Å². The number of nitrogens with one attached hydrogen (secondary N) is 2. The SMILES string of the molecule is CNCCN(C)c1nc(-c2ccnc3[nH]c(C)c(OC)c23)nc2cncc(C3CCC3)c12. The summed E-state index contributed by atoms with van der Waals surface area (Å²) in [6.07, 6.45) is 9.32. The van der Waals surface area contributed by atoms with Crippen molar-refractivity contribution in [3.8, 4) is 17.1 Å². The van der Waals surface area contributed by atoms with Crippen LogP contribution in [0.15, 0.2) is 24.7 Å². The Balaban J connectivity index is 1.76. The van der Waals surface area contributed by atoms with Gasteiger partial charge in [0.1, 0.15) is 17.2 Å². The highest BCUT2D eigenvalue weighted by Gasteiger charge is 2.26. The largest absolute Gasteiger partial charge is 0.494 e. The summed E-state index contributed by atoms with van der Waals surface area (Å²) < 4.78 is 5.69. The van der Waals surface area contributed by atoms with Crippen LogP contribution in [0.5, 0.6) is 5.75 Å². The predicted molar refractivity (Wildman–Crippen MR) is 127 cm³/mol. The van der Waals surface area contributed by atoms with E-state index in [1.165, 1.54) is 24.8 Å². The fraction of sp³-hybridized carbons (Fsp3) is 0.417. The molecule has 1 aliphatic carbocycles. The van der Waals surface area contributed by atoms with E-state index in [4.69, 9.17) is 14.7 Å². The zero-order valence-corrected chi connectivity index (χ0v) is 19.1. The molecule has 1 saturated carbocycles. The van der Waals surface area contributed by atoms with Crippen molar-refractivity contribution in [3.63, 3.8) is 0 Å². The van der Waals surface area contributed by atoms with E-state index in [1.807, 2.05) is 32.4 Å². The van der Waals surface area contributed by atoms with Gasteiger partial charge < -0.3 is 19.9 Å². The number of aromatic nitrogens is 5. The molecule has 1 aliphatic rings. The first kappa shape index (κ1) is 20.6. The zero-order valence-electron chi connectivity index (χ0n) is 19.1. The minimum atomic E-state index is 0.539. The summed E-state index contributed by atoms with van der Waals surface area (Å²) in [6, 6.07) is 1.96. The van der Waals surface area contributed by atoms with Gasteiger partial charge in [0.15, 0.2) is 5.82 Å². The molecule has 0 aliphatic heterocycles. The predicted octanol–water partition coefficient (Wildman–Crippen LogP) is 3.81. The molecule has 0 unspecified atom stereocenters. The molecule has 4 heterocycles. The maximum absolute atomic E-state index is 5.69. The lowest BCUT2D eigenvalue weighted by Crippen LogP contribution is -2.28. The van der Waals surface area contributed by atoms with Crippen molar-refractivity contribution in [2.45, 2.75) is 32.1 Å². The first-order valence-corrected chi connectivity index (χ1v) is 11.2. The number of pyridine rings is 2. The number of hydrogen-bond donors (Lipinski definition) is 2. The van der Waals surface area contributed by atoms with E-state index in [-0.39, 0.29) is 0 Å². The summed E-state index contributed by atoms with van der Waals surface area (Å²) >= 11 is 0. The molecule has 0 saturated heterocycles. The molecule has 8 heteroatoms. The number of H-pyrrole nitrogens is 1. The number of likely N-dealkylation sites (N-methyl/N-ethyl adjacent to an activating group) is 2. The molecule has 166 valence electrons. The van der Waals surface area contributed by atoms with Crippen molar-refractivity contribution in [2.24, 2.45) is 0 Å². The van der Waals surface area contributed by atoms with Crippen LogP contribution in [-0.4, -0.2) is 59.2 Å². The summed E-state index contributed by atoms with van der Waals surface area (Å²) in [5, 5.41) is 5.26. The lowest BCUT2D eigenvalue weighted by atomic mass is 9.79. The maximum Gasteiger partial charge on any atom is 0.163 e. The van der Waals surface area contributed by atoms with Crippen LogP contribution in [-0.2, 0) is 0 Å². The van der Waals surface area contributed by atoms with Crippen LogP contribution >= 0.6 is 0 Å². The highest BCUT2D eigenvalue weighted by atomic mass is 16.5. The monoisotopic (exact) mass is 431 g/mol. The van der Waals surface area contributed by atoms with E-state index in [0.29, 0.717) is 11.7 Å². The van der Waals surface area contributed by atoms with Gasteiger partial charge in [0, 0.05) is 43.5 Å². The summed E-state index contributed by atoms with van der Waals surface area (Å²) in [5.41, 5.74) is 4.74. The Morgan fingerprint density at radius 3 is 2.78 bits per heavy atom. The van der Waals surface area contributed by atoms with Crippen molar-refractivity contribution in [3.05, 3.63) is 35.9 Å². The van der Waals surface area contributed by atoms with Crippen molar-refractivity contribution in [2.75, 3.05) is 39.2 Å². The van der Waals surface area contributed by atoms with Gasteiger partial charge in [-0.2, -0.15) is 0 Å². The number of hydrogen-bond acceptors (Lipinski definition) is 7. The normalized spacial score (nSPS) is 14.1. The summed E-state index contributed by atoms with van der Waals surface area (Å²) in [7, 11) is 5.74. The van der Waals surface area contributed by atoms with Crippen LogP contribution in [0, 0.1) is 6.92 Å². The van der Waals surface area contributed by atoms with Gasteiger partial charge >= 0.3 is 0 Å². The highest BCUT2D eigenvalue weighted by molar-refractivity contribution is 6.00. The number of nitrogens with zero attached hydrogens (tertiary/aromatic N) is 5. The Morgan fingerprint density at radius 2 is 2.06 bits per heavy atom. The average molecular weight is 432 g/mol. The first-order valence-electron chi connectivity index (χ1n) is 11.2. The Labute approximate surface area is 187 Å². The van der Waals surface area contributed by atoms with Gasteiger partial charge in [0.05, 0.1) is 29.9 Å². The third kappa shape index (κ3) is 3.35. The van der Waals surface area contributed by atoms with E-state index in [1.54, 1.807) is 13.3 Å². The number of aryl methyl sites for hydroxylation is 1. The van der Waals surface area contributed by atoms with Crippen molar-refractivity contribution in [1.82, 2.24) is 30.2 Å². The average Bonchev–Trinajstić information content (AvgIpc) is 3.10. The van der Waals surface area contributed by atoms with Gasteiger partial charge in [0.25, 0.3) is 0 Å². The van der Waals surface area contributed by atoms with Crippen molar-refractivity contribution >= 4 is 27.8 Å². The summed E-state index contributed by atoms with van der Waals surface area (Å²) in [5.74, 6) is 2.91. The molecule has 4 aromatic rings. The fourth-order valence-corrected chi connectivity index (χ4v) is 4.55. The molecule has 32 heavy (non-hydrogen) atoms. The van der Waals surface area contributed by atoms with E-state index < -0.39 is 0 Å².